The molecule has 0 bridgehead atoms. The molecule has 2 aromatic carbocycles. The average Bonchev–Trinajstić information content (AvgIpc) is 2.99. The lowest BCUT2D eigenvalue weighted by molar-refractivity contribution is -0.124. The number of para-hydroxylation sites is 1. The highest BCUT2D eigenvalue weighted by atomic mass is 16.5. The summed E-state index contributed by atoms with van der Waals surface area (Å²) < 4.78 is 0. The van der Waals surface area contributed by atoms with E-state index in [4.69, 9.17) is 5.21 Å². The van der Waals surface area contributed by atoms with Crippen molar-refractivity contribution in [2.24, 2.45) is 0 Å². The number of aryl methyl sites for hydroxylation is 2. The van der Waals surface area contributed by atoms with Gasteiger partial charge in [0.15, 0.2) is 0 Å². The zero-order valence-electron chi connectivity index (χ0n) is 14.8. The minimum absolute atomic E-state index is 0.535. The molecule has 0 aliphatic rings. The van der Waals surface area contributed by atoms with Gasteiger partial charge in [0, 0.05) is 29.2 Å². The third-order valence-electron chi connectivity index (χ3n) is 4.35. The van der Waals surface area contributed by atoms with Gasteiger partial charge in [0.25, 0.3) is 5.91 Å². The summed E-state index contributed by atoms with van der Waals surface area (Å²) in [6.45, 7) is 2.99. The largest absolute Gasteiger partial charge is 0.383 e. The smallest absolute Gasteiger partial charge is 0.267 e. The number of hydrogen-bond acceptors (Lipinski definition) is 3. The topological polar surface area (TPSA) is 77.2 Å². The summed E-state index contributed by atoms with van der Waals surface area (Å²) in [5, 5.41) is 13.2. The standard InChI is InChI=1S/C21H23N3O2/c1-15-21(18-6-2-3-7-19(18)23-15)22-14-4-5-16-8-10-17(11-9-16)12-13-20(25)24-26/h2-3,6-13,22-23,26H,4-5,14H2,1H3,(H,24,25)/b13-12+. The number of amides is 1. The van der Waals surface area contributed by atoms with Crippen LogP contribution in [0.5, 0.6) is 0 Å². The van der Waals surface area contributed by atoms with Crippen molar-refractivity contribution in [3.05, 3.63) is 71.4 Å². The Morgan fingerprint density at radius 3 is 2.69 bits per heavy atom. The molecule has 134 valence electrons. The molecule has 3 aromatic rings. The summed E-state index contributed by atoms with van der Waals surface area (Å²) in [5.74, 6) is -0.535. The number of hydrogen-bond donors (Lipinski definition) is 4. The minimum Gasteiger partial charge on any atom is -0.383 e. The second-order valence-corrected chi connectivity index (χ2v) is 6.25. The molecule has 4 N–H and O–H groups in total. The van der Waals surface area contributed by atoms with Crippen LogP contribution in [0.3, 0.4) is 0 Å². The van der Waals surface area contributed by atoms with Crippen LogP contribution in [0.2, 0.25) is 0 Å². The number of carbonyl (C=O) groups excluding carboxylic acids is 1. The fourth-order valence-corrected chi connectivity index (χ4v) is 3.01. The van der Waals surface area contributed by atoms with Crippen LogP contribution < -0.4 is 10.8 Å². The lowest BCUT2D eigenvalue weighted by atomic mass is 10.1. The van der Waals surface area contributed by atoms with E-state index >= 15 is 0 Å². The number of aromatic nitrogens is 1. The quantitative estimate of drug-likeness (QED) is 0.225. The summed E-state index contributed by atoms with van der Waals surface area (Å²) in [4.78, 5) is 14.4. The van der Waals surface area contributed by atoms with E-state index in [-0.39, 0.29) is 0 Å². The molecule has 26 heavy (non-hydrogen) atoms. The molecule has 0 fully saturated rings. The highest BCUT2D eigenvalue weighted by Gasteiger charge is 2.06. The first kappa shape index (κ1) is 17.8. The van der Waals surface area contributed by atoms with Crippen molar-refractivity contribution in [1.82, 2.24) is 10.5 Å². The highest BCUT2D eigenvalue weighted by molar-refractivity contribution is 5.94. The van der Waals surface area contributed by atoms with Crippen LogP contribution in [-0.4, -0.2) is 22.6 Å². The van der Waals surface area contributed by atoms with E-state index in [1.807, 2.05) is 18.2 Å². The van der Waals surface area contributed by atoms with Crippen LogP contribution >= 0.6 is 0 Å². The zero-order chi connectivity index (χ0) is 18.4. The summed E-state index contributed by atoms with van der Waals surface area (Å²) in [5.41, 5.74) is 7.25. The van der Waals surface area contributed by atoms with Gasteiger partial charge in [0.1, 0.15) is 0 Å². The molecule has 0 aliphatic carbocycles. The van der Waals surface area contributed by atoms with Crippen LogP contribution in [0, 0.1) is 6.92 Å². The number of H-pyrrole nitrogens is 1. The maximum absolute atomic E-state index is 11.0. The molecule has 0 spiro atoms. The highest BCUT2D eigenvalue weighted by Crippen LogP contribution is 2.26. The molecule has 0 radical (unpaired) electrons. The first-order valence-electron chi connectivity index (χ1n) is 8.69. The van der Waals surface area contributed by atoms with Gasteiger partial charge in [-0.05, 0) is 43.0 Å². The maximum Gasteiger partial charge on any atom is 0.267 e. The van der Waals surface area contributed by atoms with Crippen LogP contribution in [0.4, 0.5) is 5.69 Å². The number of benzene rings is 2. The monoisotopic (exact) mass is 349 g/mol. The average molecular weight is 349 g/mol. The summed E-state index contributed by atoms with van der Waals surface area (Å²) in [6.07, 6.45) is 4.97. The van der Waals surface area contributed by atoms with E-state index in [1.165, 1.54) is 22.7 Å². The Hall–Kier alpha value is -3.05. The lowest BCUT2D eigenvalue weighted by Crippen LogP contribution is -2.14. The molecule has 0 saturated heterocycles. The molecule has 1 heterocycles. The molecule has 0 atom stereocenters. The molecule has 0 saturated carbocycles. The Balaban J connectivity index is 1.51. The van der Waals surface area contributed by atoms with Crippen molar-refractivity contribution >= 4 is 28.6 Å². The normalized spacial score (nSPS) is 11.2. The van der Waals surface area contributed by atoms with Crippen molar-refractivity contribution in [2.45, 2.75) is 19.8 Å². The molecule has 0 aliphatic heterocycles. The Bertz CT molecular complexity index is 911. The van der Waals surface area contributed by atoms with Crippen molar-refractivity contribution in [2.75, 3.05) is 11.9 Å². The first-order chi connectivity index (χ1) is 12.7. The summed E-state index contributed by atoms with van der Waals surface area (Å²) in [7, 11) is 0. The number of aromatic amines is 1. The Labute approximate surface area is 152 Å². The molecule has 0 unspecified atom stereocenters. The number of hydroxylamine groups is 1. The van der Waals surface area contributed by atoms with E-state index < -0.39 is 5.91 Å². The van der Waals surface area contributed by atoms with Crippen molar-refractivity contribution in [1.29, 1.82) is 0 Å². The second-order valence-electron chi connectivity index (χ2n) is 6.25. The molecule has 1 amide bonds. The van der Waals surface area contributed by atoms with Gasteiger partial charge in [-0.25, -0.2) is 5.48 Å². The van der Waals surface area contributed by atoms with Crippen LogP contribution in [0.1, 0.15) is 23.2 Å². The Morgan fingerprint density at radius 1 is 1.15 bits per heavy atom. The lowest BCUT2D eigenvalue weighted by Gasteiger charge is -2.07. The Kier molecular flexibility index (Phi) is 5.71. The van der Waals surface area contributed by atoms with E-state index in [0.29, 0.717) is 0 Å². The number of rotatable bonds is 7. The minimum atomic E-state index is -0.535. The fourth-order valence-electron chi connectivity index (χ4n) is 3.01. The van der Waals surface area contributed by atoms with Gasteiger partial charge >= 0.3 is 0 Å². The first-order valence-corrected chi connectivity index (χ1v) is 8.69. The predicted octanol–water partition coefficient (Wildman–Crippen LogP) is 4.04. The maximum atomic E-state index is 11.0. The number of carbonyl (C=O) groups is 1. The van der Waals surface area contributed by atoms with Crippen LogP contribution in [-0.2, 0) is 11.2 Å². The van der Waals surface area contributed by atoms with Gasteiger partial charge in [-0.15, -0.1) is 0 Å². The Morgan fingerprint density at radius 2 is 1.92 bits per heavy atom. The van der Waals surface area contributed by atoms with Gasteiger partial charge in [-0.1, -0.05) is 42.5 Å². The van der Waals surface area contributed by atoms with Gasteiger partial charge in [-0.2, -0.15) is 0 Å². The van der Waals surface area contributed by atoms with Crippen molar-refractivity contribution in [3.63, 3.8) is 0 Å². The second kappa shape index (κ2) is 8.36. The predicted molar refractivity (Wildman–Crippen MR) is 105 cm³/mol. The fraction of sp³-hybridized carbons (Fsp3) is 0.190. The summed E-state index contributed by atoms with van der Waals surface area (Å²) in [6, 6.07) is 16.4. The SMILES string of the molecule is Cc1[nH]c2ccccc2c1NCCCc1ccc(/C=C/C(=O)NO)cc1. The van der Waals surface area contributed by atoms with Gasteiger partial charge in [0.05, 0.1) is 5.69 Å². The third kappa shape index (κ3) is 4.32. The van der Waals surface area contributed by atoms with E-state index in [0.717, 1.165) is 36.2 Å². The molecule has 5 nitrogen and oxygen atoms in total. The van der Waals surface area contributed by atoms with Crippen LogP contribution in [0.15, 0.2) is 54.6 Å². The number of fused-ring (bicyclic) bond motifs is 1. The van der Waals surface area contributed by atoms with Gasteiger partial charge in [-0.3, -0.25) is 10.0 Å². The molecular weight excluding hydrogens is 326 g/mol. The molecule has 5 heteroatoms. The number of anilines is 1. The third-order valence-corrected chi connectivity index (χ3v) is 4.35. The summed E-state index contributed by atoms with van der Waals surface area (Å²) >= 11 is 0. The van der Waals surface area contributed by atoms with Crippen LogP contribution in [0.25, 0.3) is 17.0 Å². The molecule has 1 aromatic heterocycles. The van der Waals surface area contributed by atoms with Gasteiger partial charge < -0.3 is 10.3 Å². The molecular formula is C21H23N3O2. The van der Waals surface area contributed by atoms with E-state index in [1.54, 1.807) is 11.6 Å². The number of nitrogens with one attached hydrogen (secondary N) is 3. The van der Waals surface area contributed by atoms with Crippen molar-refractivity contribution < 1.29 is 10.0 Å². The van der Waals surface area contributed by atoms with Gasteiger partial charge in [0.2, 0.25) is 0 Å². The van der Waals surface area contributed by atoms with E-state index in [2.05, 4.69) is 47.6 Å². The molecule has 3 rings (SSSR count). The van der Waals surface area contributed by atoms with E-state index in [9.17, 15) is 4.79 Å². The zero-order valence-corrected chi connectivity index (χ0v) is 14.8. The van der Waals surface area contributed by atoms with Crippen molar-refractivity contribution in [3.8, 4) is 0 Å².